The van der Waals surface area contributed by atoms with Gasteiger partial charge >= 0.3 is 0 Å². The van der Waals surface area contributed by atoms with E-state index in [4.69, 9.17) is 20.2 Å². The van der Waals surface area contributed by atoms with Crippen molar-refractivity contribution in [3.8, 4) is 5.75 Å². The number of amides is 1. The van der Waals surface area contributed by atoms with Crippen molar-refractivity contribution in [3.63, 3.8) is 0 Å². The zero-order valence-corrected chi connectivity index (χ0v) is 19.7. The number of ether oxygens (including phenoxy) is 2. The van der Waals surface area contributed by atoms with Crippen LogP contribution < -0.4 is 31.8 Å². The summed E-state index contributed by atoms with van der Waals surface area (Å²) in [5.41, 5.74) is 13.7. The molecule has 0 radical (unpaired) electrons. The Morgan fingerprint density at radius 3 is 2.86 bits per heavy atom. The van der Waals surface area contributed by atoms with E-state index in [-0.39, 0.29) is 23.3 Å². The lowest BCUT2D eigenvalue weighted by molar-refractivity contribution is -0.121. The Morgan fingerprint density at radius 1 is 1.26 bits per heavy atom. The molecule has 1 spiro atoms. The van der Waals surface area contributed by atoms with Gasteiger partial charge in [-0.05, 0) is 55.4 Å². The van der Waals surface area contributed by atoms with Crippen LogP contribution in [0.2, 0.25) is 0 Å². The third kappa shape index (κ3) is 4.58. The summed E-state index contributed by atoms with van der Waals surface area (Å²) >= 11 is 0. The molecule has 1 aromatic heterocycles. The summed E-state index contributed by atoms with van der Waals surface area (Å²) in [4.78, 5) is 23.2. The Kier molecular flexibility index (Phi) is 5.83. The first kappa shape index (κ1) is 22.3. The number of nitrogens with two attached hydrogens (primary N) is 1. The van der Waals surface area contributed by atoms with Gasteiger partial charge in [-0.15, -0.1) is 5.53 Å². The van der Waals surface area contributed by atoms with Crippen LogP contribution >= 0.6 is 0 Å². The van der Waals surface area contributed by atoms with Gasteiger partial charge in [0.05, 0.1) is 25.1 Å². The lowest BCUT2D eigenvalue weighted by atomic mass is 10.0. The molecular formula is C24H32N8O3. The Hall–Kier alpha value is -3.15. The van der Waals surface area contributed by atoms with Crippen molar-refractivity contribution >= 4 is 29.0 Å². The standard InChI is InChI=1S/C24H32N8O3/c25-21(33)16-5-6-24(13-16)14-20(24)27-23-26-15-19-22(28-23)32(30-29-19)17-1-3-18(4-2-17)35-12-9-31-7-10-34-11-8-31/h1-4,15-16,20,29-30H,5-14H2,(H2,25,33)(H,26,27,28)/t16-,20?,24+/m1/s1. The molecule has 1 saturated heterocycles. The van der Waals surface area contributed by atoms with Gasteiger partial charge in [0.1, 0.15) is 18.0 Å². The van der Waals surface area contributed by atoms with E-state index in [1.807, 2.05) is 29.3 Å². The number of carbonyl (C=O) groups excluding carboxylic acids is 1. The van der Waals surface area contributed by atoms with Gasteiger partial charge in [0.15, 0.2) is 5.82 Å². The van der Waals surface area contributed by atoms with E-state index in [9.17, 15) is 4.79 Å². The van der Waals surface area contributed by atoms with Gasteiger partial charge in [0.2, 0.25) is 11.9 Å². The van der Waals surface area contributed by atoms with E-state index < -0.39 is 0 Å². The highest BCUT2D eigenvalue weighted by molar-refractivity contribution is 5.77. The predicted molar refractivity (Wildman–Crippen MR) is 131 cm³/mol. The molecule has 4 aliphatic rings. The third-order valence-corrected chi connectivity index (χ3v) is 7.70. The molecule has 2 aromatic rings. The van der Waals surface area contributed by atoms with Gasteiger partial charge in [-0.3, -0.25) is 15.1 Å². The number of fused-ring (bicyclic) bond motifs is 1. The molecule has 35 heavy (non-hydrogen) atoms. The SMILES string of the molecule is NC(=O)[C@@H]1CC[C@@]2(CC2Nc2ncc3c(n2)N(c2ccc(OCCN4CCOCC4)cc2)NN3)C1. The fourth-order valence-corrected chi connectivity index (χ4v) is 5.47. The quantitative estimate of drug-likeness (QED) is 0.442. The van der Waals surface area contributed by atoms with Crippen LogP contribution in [0, 0.1) is 11.3 Å². The summed E-state index contributed by atoms with van der Waals surface area (Å²) in [6.45, 7) is 5.06. The predicted octanol–water partition coefficient (Wildman–Crippen LogP) is 1.63. The smallest absolute Gasteiger partial charge is 0.225 e. The number of nitrogens with zero attached hydrogens (tertiary/aromatic N) is 4. The van der Waals surface area contributed by atoms with Gasteiger partial charge in [-0.2, -0.15) is 4.98 Å². The summed E-state index contributed by atoms with van der Waals surface area (Å²) in [7, 11) is 0. The molecule has 2 aliphatic carbocycles. The van der Waals surface area contributed by atoms with Crippen molar-refractivity contribution in [2.45, 2.75) is 31.7 Å². The first-order valence-electron chi connectivity index (χ1n) is 12.4. The Morgan fingerprint density at radius 2 is 2.09 bits per heavy atom. The highest BCUT2D eigenvalue weighted by atomic mass is 16.5. The van der Waals surface area contributed by atoms with E-state index in [2.05, 4.69) is 26.2 Å². The van der Waals surface area contributed by atoms with Crippen LogP contribution in [0.4, 0.5) is 23.1 Å². The minimum absolute atomic E-state index is 0.00190. The summed E-state index contributed by atoms with van der Waals surface area (Å²) in [6.07, 6.45) is 5.58. The zero-order chi connectivity index (χ0) is 23.8. The Balaban J connectivity index is 1.06. The van der Waals surface area contributed by atoms with Gasteiger partial charge in [-0.25, -0.2) is 9.99 Å². The Labute approximate surface area is 204 Å². The second kappa shape index (κ2) is 9.14. The van der Waals surface area contributed by atoms with Crippen LogP contribution in [-0.2, 0) is 9.53 Å². The van der Waals surface area contributed by atoms with Crippen LogP contribution in [-0.4, -0.2) is 66.3 Å². The highest BCUT2D eigenvalue weighted by Crippen LogP contribution is 2.60. The number of primary amides is 1. The number of hydrogen-bond donors (Lipinski definition) is 4. The molecule has 2 aliphatic heterocycles. The minimum Gasteiger partial charge on any atom is -0.492 e. The normalized spacial score (nSPS) is 27.5. The van der Waals surface area contributed by atoms with Crippen molar-refractivity contribution in [1.29, 1.82) is 0 Å². The van der Waals surface area contributed by atoms with E-state index in [1.165, 1.54) is 0 Å². The maximum absolute atomic E-state index is 11.6. The number of hydrogen-bond acceptors (Lipinski definition) is 10. The number of anilines is 4. The summed E-state index contributed by atoms with van der Waals surface area (Å²) in [5, 5.41) is 5.37. The maximum Gasteiger partial charge on any atom is 0.225 e. The molecule has 3 heterocycles. The maximum atomic E-state index is 11.6. The van der Waals surface area contributed by atoms with Crippen LogP contribution in [0.25, 0.3) is 0 Å². The van der Waals surface area contributed by atoms with Crippen molar-refractivity contribution < 1.29 is 14.3 Å². The molecule has 6 rings (SSSR count). The molecule has 2 saturated carbocycles. The van der Waals surface area contributed by atoms with Crippen LogP contribution in [0.3, 0.4) is 0 Å². The van der Waals surface area contributed by atoms with Crippen molar-refractivity contribution in [2.75, 3.05) is 55.2 Å². The number of benzene rings is 1. The van der Waals surface area contributed by atoms with Crippen molar-refractivity contribution in [3.05, 3.63) is 30.5 Å². The number of nitrogens with one attached hydrogen (secondary N) is 3. The average molecular weight is 481 g/mol. The monoisotopic (exact) mass is 480 g/mol. The summed E-state index contributed by atoms with van der Waals surface area (Å²) in [6, 6.07) is 8.23. The molecule has 1 unspecified atom stereocenters. The van der Waals surface area contributed by atoms with E-state index in [1.54, 1.807) is 6.20 Å². The topological polar surface area (TPSA) is 130 Å². The zero-order valence-electron chi connectivity index (χ0n) is 19.7. The highest BCUT2D eigenvalue weighted by Gasteiger charge is 2.58. The molecular weight excluding hydrogens is 448 g/mol. The van der Waals surface area contributed by atoms with Gasteiger partial charge in [-0.1, -0.05) is 0 Å². The molecule has 1 aromatic carbocycles. The number of rotatable bonds is 8. The lowest BCUT2D eigenvalue weighted by Crippen LogP contribution is -2.38. The number of aromatic nitrogens is 2. The molecule has 1 amide bonds. The average Bonchev–Trinajstić information content (AvgIpc) is 3.19. The second-order valence-corrected chi connectivity index (χ2v) is 9.90. The van der Waals surface area contributed by atoms with Gasteiger partial charge in [0.25, 0.3) is 0 Å². The minimum atomic E-state index is -0.178. The number of morpholine rings is 1. The van der Waals surface area contributed by atoms with E-state index in [0.717, 1.165) is 81.5 Å². The largest absolute Gasteiger partial charge is 0.492 e. The van der Waals surface area contributed by atoms with Gasteiger partial charge in [0, 0.05) is 31.6 Å². The fourth-order valence-electron chi connectivity index (χ4n) is 5.47. The molecule has 11 nitrogen and oxygen atoms in total. The van der Waals surface area contributed by atoms with Crippen molar-refractivity contribution in [2.24, 2.45) is 17.1 Å². The molecule has 3 atom stereocenters. The van der Waals surface area contributed by atoms with E-state index >= 15 is 0 Å². The van der Waals surface area contributed by atoms with Crippen LogP contribution in [0.15, 0.2) is 30.5 Å². The molecule has 0 bridgehead atoms. The van der Waals surface area contributed by atoms with E-state index in [0.29, 0.717) is 12.6 Å². The fraction of sp³-hybridized carbons (Fsp3) is 0.542. The van der Waals surface area contributed by atoms with Crippen LogP contribution in [0.5, 0.6) is 5.75 Å². The Bertz CT molecular complexity index is 1080. The third-order valence-electron chi connectivity index (χ3n) is 7.70. The summed E-state index contributed by atoms with van der Waals surface area (Å²) < 4.78 is 11.3. The summed E-state index contributed by atoms with van der Waals surface area (Å²) in [5.74, 6) is 2.00. The number of carbonyl (C=O) groups is 1. The van der Waals surface area contributed by atoms with Gasteiger partial charge < -0.3 is 20.5 Å². The second-order valence-electron chi connectivity index (χ2n) is 9.90. The lowest BCUT2D eigenvalue weighted by Gasteiger charge is -2.26. The van der Waals surface area contributed by atoms with Crippen LogP contribution in [0.1, 0.15) is 25.7 Å². The first-order valence-corrected chi connectivity index (χ1v) is 12.4. The molecule has 5 N–H and O–H groups in total. The van der Waals surface area contributed by atoms with Crippen molar-refractivity contribution in [1.82, 2.24) is 20.4 Å². The molecule has 11 heteroatoms. The molecule has 186 valence electrons. The number of hydrazine groups is 2. The molecule has 3 fully saturated rings. The first-order chi connectivity index (χ1) is 17.1.